The Balaban J connectivity index is 1.93. The summed E-state index contributed by atoms with van der Waals surface area (Å²) in [6, 6.07) is 7.55. The Morgan fingerprint density at radius 1 is 1.42 bits per heavy atom. The number of nitrogens with one attached hydrogen (secondary N) is 1. The van der Waals surface area contributed by atoms with Gasteiger partial charge in [-0.05, 0) is 24.6 Å². The Bertz CT molecular complexity index is 554. The fraction of sp³-hybridized carbons (Fsp3) is 0.231. The van der Waals surface area contributed by atoms with E-state index in [0.717, 1.165) is 5.56 Å². The molecule has 0 amide bonds. The van der Waals surface area contributed by atoms with Gasteiger partial charge in [-0.1, -0.05) is 23.7 Å². The SMILES string of the molecule is CCOC(=O)c1csc(NCc2ccc(Cl)cc2)n1. The van der Waals surface area contributed by atoms with E-state index >= 15 is 0 Å². The number of thiazole rings is 1. The highest BCUT2D eigenvalue weighted by Gasteiger charge is 2.11. The highest BCUT2D eigenvalue weighted by Crippen LogP contribution is 2.17. The minimum Gasteiger partial charge on any atom is -0.461 e. The van der Waals surface area contributed by atoms with E-state index in [1.54, 1.807) is 12.3 Å². The van der Waals surface area contributed by atoms with Crippen molar-refractivity contribution in [2.75, 3.05) is 11.9 Å². The lowest BCUT2D eigenvalue weighted by molar-refractivity contribution is 0.0520. The van der Waals surface area contributed by atoms with Gasteiger partial charge in [0, 0.05) is 16.9 Å². The van der Waals surface area contributed by atoms with Crippen molar-refractivity contribution in [1.82, 2.24) is 4.98 Å². The van der Waals surface area contributed by atoms with Gasteiger partial charge < -0.3 is 10.1 Å². The molecule has 0 saturated heterocycles. The molecule has 0 fully saturated rings. The van der Waals surface area contributed by atoms with Crippen LogP contribution in [0.3, 0.4) is 0 Å². The van der Waals surface area contributed by atoms with E-state index in [4.69, 9.17) is 16.3 Å². The van der Waals surface area contributed by atoms with E-state index in [2.05, 4.69) is 10.3 Å². The van der Waals surface area contributed by atoms with E-state index in [0.29, 0.717) is 29.0 Å². The number of hydrogen-bond acceptors (Lipinski definition) is 5. The van der Waals surface area contributed by atoms with Crippen LogP contribution in [-0.4, -0.2) is 17.6 Å². The number of aromatic nitrogens is 1. The summed E-state index contributed by atoms with van der Waals surface area (Å²) in [5.41, 5.74) is 1.43. The normalized spacial score (nSPS) is 10.2. The molecule has 0 aliphatic heterocycles. The lowest BCUT2D eigenvalue weighted by Gasteiger charge is -2.02. The van der Waals surface area contributed by atoms with Crippen LogP contribution in [-0.2, 0) is 11.3 Å². The molecule has 0 atom stereocenters. The second-order valence-electron chi connectivity index (χ2n) is 3.74. The van der Waals surface area contributed by atoms with Crippen LogP contribution in [0, 0.1) is 0 Å². The van der Waals surface area contributed by atoms with Crippen molar-refractivity contribution in [1.29, 1.82) is 0 Å². The molecule has 1 N–H and O–H groups in total. The van der Waals surface area contributed by atoms with Crippen LogP contribution >= 0.6 is 22.9 Å². The van der Waals surface area contributed by atoms with Crippen LogP contribution in [0.15, 0.2) is 29.6 Å². The topological polar surface area (TPSA) is 51.2 Å². The number of carbonyl (C=O) groups is 1. The molecule has 2 aromatic rings. The summed E-state index contributed by atoms with van der Waals surface area (Å²) >= 11 is 7.19. The van der Waals surface area contributed by atoms with Crippen molar-refractivity contribution in [3.8, 4) is 0 Å². The second kappa shape index (κ2) is 6.54. The molecule has 19 heavy (non-hydrogen) atoms. The lowest BCUT2D eigenvalue weighted by Crippen LogP contribution is -2.05. The highest BCUT2D eigenvalue weighted by atomic mass is 35.5. The number of ether oxygens (including phenoxy) is 1. The molecule has 100 valence electrons. The number of halogens is 1. The second-order valence-corrected chi connectivity index (χ2v) is 5.03. The summed E-state index contributed by atoms with van der Waals surface area (Å²) in [6.45, 7) is 2.75. The van der Waals surface area contributed by atoms with Gasteiger partial charge >= 0.3 is 5.97 Å². The van der Waals surface area contributed by atoms with Crippen molar-refractivity contribution >= 4 is 34.0 Å². The van der Waals surface area contributed by atoms with Crippen molar-refractivity contribution < 1.29 is 9.53 Å². The Kier molecular flexibility index (Phi) is 4.76. The number of rotatable bonds is 5. The molecular formula is C13H13ClN2O2S. The summed E-state index contributed by atoms with van der Waals surface area (Å²) in [4.78, 5) is 15.6. The summed E-state index contributed by atoms with van der Waals surface area (Å²) < 4.78 is 4.88. The molecular weight excluding hydrogens is 284 g/mol. The molecule has 1 aromatic carbocycles. The van der Waals surface area contributed by atoms with Crippen LogP contribution in [0.25, 0.3) is 0 Å². The predicted molar refractivity (Wildman–Crippen MR) is 76.8 cm³/mol. The molecule has 1 aromatic heterocycles. The first-order chi connectivity index (χ1) is 9.19. The number of nitrogens with zero attached hydrogens (tertiary/aromatic N) is 1. The molecule has 2 rings (SSSR count). The van der Waals surface area contributed by atoms with Gasteiger partial charge in [-0.15, -0.1) is 11.3 Å². The molecule has 0 unspecified atom stereocenters. The molecule has 0 aliphatic carbocycles. The number of hydrogen-bond donors (Lipinski definition) is 1. The smallest absolute Gasteiger partial charge is 0.357 e. The molecule has 1 heterocycles. The van der Waals surface area contributed by atoms with E-state index in [-0.39, 0.29) is 0 Å². The van der Waals surface area contributed by atoms with Gasteiger partial charge in [-0.2, -0.15) is 0 Å². The zero-order valence-corrected chi connectivity index (χ0v) is 11.9. The number of carbonyl (C=O) groups excluding carboxylic acids is 1. The molecule has 0 radical (unpaired) electrons. The standard InChI is InChI=1S/C13H13ClN2O2S/c1-2-18-12(17)11-8-19-13(16-11)15-7-9-3-5-10(14)6-4-9/h3-6,8H,2,7H2,1H3,(H,15,16). The molecule has 0 saturated carbocycles. The van der Waals surface area contributed by atoms with Gasteiger partial charge in [-0.3, -0.25) is 0 Å². The monoisotopic (exact) mass is 296 g/mol. The van der Waals surface area contributed by atoms with Crippen LogP contribution < -0.4 is 5.32 Å². The minimum atomic E-state index is -0.390. The van der Waals surface area contributed by atoms with Crippen molar-refractivity contribution in [3.63, 3.8) is 0 Å². The fourth-order valence-corrected chi connectivity index (χ4v) is 2.24. The quantitative estimate of drug-likeness (QED) is 0.857. The molecule has 6 heteroatoms. The summed E-state index contributed by atoms with van der Waals surface area (Å²) in [6.07, 6.45) is 0. The number of esters is 1. The first-order valence-electron chi connectivity index (χ1n) is 5.80. The van der Waals surface area contributed by atoms with Gasteiger partial charge in [-0.25, -0.2) is 9.78 Å². The zero-order valence-electron chi connectivity index (χ0n) is 10.4. The highest BCUT2D eigenvalue weighted by molar-refractivity contribution is 7.13. The Hall–Kier alpha value is -1.59. The Labute approximate surface area is 120 Å². The van der Waals surface area contributed by atoms with E-state index < -0.39 is 5.97 Å². The first kappa shape index (κ1) is 13.8. The Morgan fingerprint density at radius 2 is 2.16 bits per heavy atom. The summed E-state index contributed by atoms with van der Waals surface area (Å²) in [5.74, 6) is -0.390. The predicted octanol–water partition coefficient (Wildman–Crippen LogP) is 3.59. The average molecular weight is 297 g/mol. The van der Waals surface area contributed by atoms with Gasteiger partial charge in [0.25, 0.3) is 0 Å². The lowest BCUT2D eigenvalue weighted by atomic mass is 10.2. The van der Waals surface area contributed by atoms with Crippen molar-refractivity contribution in [2.45, 2.75) is 13.5 Å². The van der Waals surface area contributed by atoms with E-state index in [1.807, 2.05) is 24.3 Å². The van der Waals surface area contributed by atoms with E-state index in [9.17, 15) is 4.79 Å². The maximum absolute atomic E-state index is 11.4. The summed E-state index contributed by atoms with van der Waals surface area (Å²) in [7, 11) is 0. The van der Waals surface area contributed by atoms with Crippen LogP contribution in [0.4, 0.5) is 5.13 Å². The number of anilines is 1. The van der Waals surface area contributed by atoms with Gasteiger partial charge in [0.15, 0.2) is 10.8 Å². The maximum atomic E-state index is 11.4. The van der Waals surface area contributed by atoms with Gasteiger partial charge in [0.05, 0.1) is 6.61 Å². The van der Waals surface area contributed by atoms with Crippen LogP contribution in [0.5, 0.6) is 0 Å². The van der Waals surface area contributed by atoms with Crippen molar-refractivity contribution in [3.05, 3.63) is 45.9 Å². The minimum absolute atomic E-state index is 0.338. The third-order valence-corrected chi connectivity index (χ3v) is 3.40. The Morgan fingerprint density at radius 3 is 2.84 bits per heavy atom. The van der Waals surface area contributed by atoms with Crippen molar-refractivity contribution in [2.24, 2.45) is 0 Å². The fourth-order valence-electron chi connectivity index (χ4n) is 1.43. The number of benzene rings is 1. The average Bonchev–Trinajstić information content (AvgIpc) is 2.87. The molecule has 4 nitrogen and oxygen atoms in total. The molecule has 0 aliphatic rings. The first-order valence-corrected chi connectivity index (χ1v) is 7.05. The third kappa shape index (κ3) is 3.94. The van der Waals surface area contributed by atoms with Gasteiger partial charge in [0.2, 0.25) is 0 Å². The largest absolute Gasteiger partial charge is 0.461 e. The van der Waals surface area contributed by atoms with Gasteiger partial charge in [0.1, 0.15) is 0 Å². The zero-order chi connectivity index (χ0) is 13.7. The molecule has 0 bridgehead atoms. The molecule has 0 spiro atoms. The maximum Gasteiger partial charge on any atom is 0.357 e. The van der Waals surface area contributed by atoms with Crippen LogP contribution in [0.1, 0.15) is 23.0 Å². The van der Waals surface area contributed by atoms with E-state index in [1.165, 1.54) is 11.3 Å². The summed E-state index contributed by atoms with van der Waals surface area (Å²) in [5, 5.41) is 6.24. The third-order valence-electron chi connectivity index (χ3n) is 2.35. The van der Waals surface area contributed by atoms with Crippen LogP contribution in [0.2, 0.25) is 5.02 Å².